The summed E-state index contributed by atoms with van der Waals surface area (Å²) in [4.78, 5) is 28.5. The predicted molar refractivity (Wildman–Crippen MR) is 66.1 cm³/mol. The number of aliphatic hydroxyl groups excluding tert-OH is 1. The summed E-state index contributed by atoms with van der Waals surface area (Å²) in [6.45, 7) is 5.93. The van der Waals surface area contributed by atoms with Crippen LogP contribution in [0.3, 0.4) is 0 Å². The summed E-state index contributed by atoms with van der Waals surface area (Å²) in [5, 5.41) is 8.57. The third-order valence-corrected chi connectivity index (χ3v) is 2.51. The van der Waals surface area contributed by atoms with Gasteiger partial charge in [-0.25, -0.2) is 6.61 Å². The SMILES string of the molecule is CC1(C)CCC(C[CH-]O)C1.O=[P+](O)O.O=[P+](O)O.[Na+].[Na+]. The molecule has 0 saturated heterocycles. The van der Waals surface area contributed by atoms with Gasteiger partial charge in [-0.05, 0) is 18.3 Å². The maximum absolute atomic E-state index is 8.70. The second-order valence-corrected chi connectivity index (χ2v) is 5.71. The summed E-state index contributed by atoms with van der Waals surface area (Å²) >= 11 is 0. The average Bonchev–Trinajstić information content (AvgIpc) is 2.44. The van der Waals surface area contributed by atoms with Crippen molar-refractivity contribution < 1.29 is 92.9 Å². The quantitative estimate of drug-likeness (QED) is 0.195. The van der Waals surface area contributed by atoms with Crippen LogP contribution in [0.5, 0.6) is 0 Å². The van der Waals surface area contributed by atoms with Gasteiger partial charge in [-0.1, -0.05) is 26.2 Å². The van der Waals surface area contributed by atoms with Gasteiger partial charge in [-0.3, -0.25) is 0 Å². The van der Waals surface area contributed by atoms with Gasteiger partial charge in [0, 0.05) is 9.13 Å². The van der Waals surface area contributed by atoms with Gasteiger partial charge in [0.15, 0.2) is 0 Å². The van der Waals surface area contributed by atoms with Crippen LogP contribution in [-0.2, 0) is 9.13 Å². The van der Waals surface area contributed by atoms with E-state index in [4.69, 9.17) is 33.8 Å². The van der Waals surface area contributed by atoms with Crippen LogP contribution in [0.4, 0.5) is 0 Å². The minimum absolute atomic E-state index is 0. The van der Waals surface area contributed by atoms with Gasteiger partial charge in [0.05, 0.1) is 0 Å². The first-order valence-electron chi connectivity index (χ1n) is 5.26. The van der Waals surface area contributed by atoms with Crippen molar-refractivity contribution in [2.24, 2.45) is 11.3 Å². The molecule has 11 heteroatoms. The van der Waals surface area contributed by atoms with Gasteiger partial charge < -0.3 is 5.11 Å². The standard InChI is InChI=1S/C9H17O.2Na.2HO3P/c1-9(2)5-3-8(7-9)4-6-10;;;2*1-4(2)3/h6,8,10H,3-5,7H2,1-2H3;;;2*(H-,1,2,3)/q-1;2*+1;;/p+2. The van der Waals surface area contributed by atoms with Gasteiger partial charge >= 0.3 is 75.6 Å². The molecule has 0 aliphatic heterocycles. The third kappa shape index (κ3) is 28.2. The summed E-state index contributed by atoms with van der Waals surface area (Å²) in [6.07, 6.45) is 4.79. The largest absolute Gasteiger partial charge is 1.00 e. The van der Waals surface area contributed by atoms with Gasteiger partial charge in [-0.2, -0.15) is 6.42 Å². The minimum atomic E-state index is -2.87. The predicted octanol–water partition coefficient (Wildman–Crippen LogP) is -4.00. The molecule has 0 heterocycles. The zero-order valence-corrected chi connectivity index (χ0v) is 18.2. The normalized spacial score (nSPS) is 18.1. The molecule has 0 bridgehead atoms. The smallest absolute Gasteiger partial charge is 0.566 e. The molecule has 1 fully saturated rings. The molecule has 1 atom stereocenters. The van der Waals surface area contributed by atoms with E-state index >= 15 is 0 Å². The van der Waals surface area contributed by atoms with Crippen molar-refractivity contribution in [3.63, 3.8) is 0 Å². The molecule has 1 aliphatic rings. The van der Waals surface area contributed by atoms with Crippen LogP contribution in [0, 0.1) is 17.9 Å². The van der Waals surface area contributed by atoms with Crippen molar-refractivity contribution in [1.29, 1.82) is 0 Å². The first-order valence-corrected chi connectivity index (χ1v) is 7.59. The maximum Gasteiger partial charge on any atom is 1.00 e. The fourth-order valence-corrected chi connectivity index (χ4v) is 1.93. The van der Waals surface area contributed by atoms with E-state index < -0.39 is 16.5 Å². The molecule has 0 aromatic rings. The molecule has 1 aliphatic carbocycles. The second-order valence-electron chi connectivity index (χ2n) is 4.70. The summed E-state index contributed by atoms with van der Waals surface area (Å²) in [7, 11) is -5.74. The van der Waals surface area contributed by atoms with Crippen molar-refractivity contribution in [2.75, 3.05) is 0 Å². The second kappa shape index (κ2) is 17.4. The Kier molecular flexibility index (Phi) is 26.0. The number of rotatable bonds is 2. The van der Waals surface area contributed by atoms with Crippen LogP contribution in [0.2, 0.25) is 0 Å². The molecular formula is C9H21Na2O7P2+3. The van der Waals surface area contributed by atoms with Crippen LogP contribution in [0.1, 0.15) is 39.5 Å². The first kappa shape index (κ1) is 29.9. The minimum Gasteiger partial charge on any atom is -0.566 e. The Morgan fingerprint density at radius 1 is 1.10 bits per heavy atom. The fraction of sp³-hybridized carbons (Fsp3) is 0.889. The van der Waals surface area contributed by atoms with Crippen molar-refractivity contribution >= 4 is 16.5 Å². The maximum atomic E-state index is 8.70. The summed E-state index contributed by atoms with van der Waals surface area (Å²) in [6, 6.07) is 0. The monoisotopic (exact) mass is 349 g/mol. The Balaban J connectivity index is -0.000000110. The van der Waals surface area contributed by atoms with E-state index in [2.05, 4.69) is 13.8 Å². The fourth-order valence-electron chi connectivity index (χ4n) is 1.93. The van der Waals surface area contributed by atoms with E-state index in [0.717, 1.165) is 12.3 Å². The van der Waals surface area contributed by atoms with E-state index in [9.17, 15) is 0 Å². The van der Waals surface area contributed by atoms with Gasteiger partial charge in [0.25, 0.3) is 0 Å². The molecule has 20 heavy (non-hydrogen) atoms. The Morgan fingerprint density at radius 2 is 1.45 bits per heavy atom. The van der Waals surface area contributed by atoms with E-state index in [1.54, 1.807) is 0 Å². The van der Waals surface area contributed by atoms with Gasteiger partial charge in [0.1, 0.15) is 0 Å². The molecule has 7 nitrogen and oxygen atoms in total. The molecule has 1 rings (SSSR count). The van der Waals surface area contributed by atoms with Crippen LogP contribution in [0.25, 0.3) is 0 Å². The summed E-state index contributed by atoms with van der Waals surface area (Å²) in [5.74, 6) is 0.750. The van der Waals surface area contributed by atoms with E-state index in [1.807, 2.05) is 0 Å². The topological polar surface area (TPSA) is 135 Å². The van der Waals surface area contributed by atoms with Crippen LogP contribution >= 0.6 is 16.5 Å². The molecule has 0 aromatic heterocycles. The molecule has 0 spiro atoms. The summed E-state index contributed by atoms with van der Waals surface area (Å²) in [5.41, 5.74) is 0.535. The van der Waals surface area contributed by atoms with Crippen LogP contribution in [0.15, 0.2) is 0 Å². The molecule has 0 radical (unpaired) electrons. The van der Waals surface area contributed by atoms with Crippen molar-refractivity contribution in [1.82, 2.24) is 0 Å². The molecule has 5 N–H and O–H groups in total. The molecule has 108 valence electrons. The zero-order chi connectivity index (χ0) is 14.8. The number of aliphatic hydroxyl groups is 1. The average molecular weight is 349 g/mol. The van der Waals surface area contributed by atoms with Crippen molar-refractivity contribution in [3.05, 3.63) is 6.61 Å². The van der Waals surface area contributed by atoms with Gasteiger partial charge in [0.2, 0.25) is 0 Å². The molecule has 1 unspecified atom stereocenters. The molecular weight excluding hydrogens is 328 g/mol. The Bertz CT molecular complexity index is 247. The van der Waals surface area contributed by atoms with Gasteiger partial charge in [-0.15, -0.1) is 19.6 Å². The first-order chi connectivity index (χ1) is 8.10. The molecule has 1 saturated carbocycles. The van der Waals surface area contributed by atoms with E-state index in [1.165, 1.54) is 25.9 Å². The Morgan fingerprint density at radius 3 is 1.65 bits per heavy atom. The van der Waals surface area contributed by atoms with Crippen LogP contribution in [-0.4, -0.2) is 24.7 Å². The van der Waals surface area contributed by atoms with Crippen molar-refractivity contribution in [2.45, 2.75) is 39.5 Å². The van der Waals surface area contributed by atoms with Crippen molar-refractivity contribution in [3.8, 4) is 0 Å². The number of hydrogen-bond donors (Lipinski definition) is 5. The zero-order valence-electron chi connectivity index (χ0n) is 12.4. The molecule has 0 amide bonds. The Labute approximate surface area is 165 Å². The summed E-state index contributed by atoms with van der Waals surface area (Å²) < 4.78 is 17.4. The van der Waals surface area contributed by atoms with E-state index in [0.29, 0.717) is 5.41 Å². The van der Waals surface area contributed by atoms with E-state index in [-0.39, 0.29) is 59.1 Å². The number of hydrogen-bond acceptors (Lipinski definition) is 3. The third-order valence-electron chi connectivity index (χ3n) is 2.51. The Hall–Kier alpha value is 2.00. The molecule has 0 aromatic carbocycles. The van der Waals surface area contributed by atoms with Crippen LogP contribution < -0.4 is 59.1 Å².